The molecule has 1 aliphatic heterocycles. The van der Waals surface area contributed by atoms with Crippen molar-refractivity contribution in [2.45, 2.75) is 13.3 Å². The Labute approximate surface area is 127 Å². The topological polar surface area (TPSA) is 77.0 Å². The number of nitrogens with zero attached hydrogens (tertiary/aromatic N) is 4. The van der Waals surface area contributed by atoms with Crippen LogP contribution < -0.4 is 5.73 Å². The highest BCUT2D eigenvalue weighted by Crippen LogP contribution is 2.31. The summed E-state index contributed by atoms with van der Waals surface area (Å²) in [5, 5.41) is 4.95. The zero-order chi connectivity index (χ0) is 15.0. The van der Waals surface area contributed by atoms with Crippen molar-refractivity contribution in [3.63, 3.8) is 0 Å². The number of nitrogens with two attached hydrogens (primary N) is 1. The van der Waals surface area contributed by atoms with Gasteiger partial charge in [0.05, 0.1) is 12.4 Å². The lowest BCUT2D eigenvalue weighted by Crippen LogP contribution is -2.34. The summed E-state index contributed by atoms with van der Waals surface area (Å²) in [7, 11) is 1.86. The Morgan fingerprint density at radius 2 is 2.33 bits per heavy atom. The Bertz CT molecular complexity index is 664. The molecular weight excluding hydrogens is 286 g/mol. The summed E-state index contributed by atoms with van der Waals surface area (Å²) in [5.74, 6) is 0.0554. The van der Waals surface area contributed by atoms with Gasteiger partial charge in [-0.3, -0.25) is 9.48 Å². The van der Waals surface area contributed by atoms with E-state index in [0.29, 0.717) is 11.4 Å². The van der Waals surface area contributed by atoms with Gasteiger partial charge in [0.15, 0.2) is 0 Å². The summed E-state index contributed by atoms with van der Waals surface area (Å²) < 4.78 is 1.73. The number of rotatable bonds is 3. The lowest BCUT2D eigenvalue weighted by atomic mass is 9.90. The molecule has 2 aromatic rings. The maximum atomic E-state index is 12.5. The first-order valence-electron chi connectivity index (χ1n) is 6.95. The molecule has 1 fully saturated rings. The summed E-state index contributed by atoms with van der Waals surface area (Å²) in [5.41, 5.74) is 6.78. The lowest BCUT2D eigenvalue weighted by molar-refractivity contribution is 0.0781. The molecule has 1 amide bonds. The highest BCUT2D eigenvalue weighted by atomic mass is 32.1. The summed E-state index contributed by atoms with van der Waals surface area (Å²) in [6.07, 6.45) is 6.28. The summed E-state index contributed by atoms with van der Waals surface area (Å²) in [4.78, 5) is 19.4. The molecule has 1 aliphatic rings. The van der Waals surface area contributed by atoms with Gasteiger partial charge in [0.25, 0.3) is 5.91 Å². The lowest BCUT2D eigenvalue weighted by Gasteiger charge is -2.22. The maximum Gasteiger partial charge on any atom is 0.265 e. The first-order valence-corrected chi connectivity index (χ1v) is 7.77. The van der Waals surface area contributed by atoms with E-state index in [1.165, 1.54) is 11.3 Å². The molecule has 1 saturated heterocycles. The fourth-order valence-corrected chi connectivity index (χ4v) is 3.42. The molecule has 3 heterocycles. The minimum atomic E-state index is 0.0481. The Balaban J connectivity index is 1.76. The van der Waals surface area contributed by atoms with Crippen molar-refractivity contribution in [2.24, 2.45) is 18.2 Å². The SMILES string of the molecule is Cn1cc(-c2ncc(C(=O)N3CCC(C)(CN)C3)s2)cn1. The number of carbonyl (C=O) groups excluding carboxylic acids is 1. The molecule has 0 bridgehead atoms. The molecule has 21 heavy (non-hydrogen) atoms. The number of carbonyl (C=O) groups is 1. The molecular formula is C14H19N5OS. The van der Waals surface area contributed by atoms with E-state index >= 15 is 0 Å². The molecule has 1 atom stereocenters. The third-order valence-corrected chi connectivity index (χ3v) is 5.04. The van der Waals surface area contributed by atoms with Crippen LogP contribution in [0.1, 0.15) is 23.0 Å². The fourth-order valence-electron chi connectivity index (χ4n) is 2.56. The van der Waals surface area contributed by atoms with Crippen LogP contribution in [0.15, 0.2) is 18.6 Å². The van der Waals surface area contributed by atoms with Crippen LogP contribution in [-0.4, -0.2) is 45.2 Å². The minimum absolute atomic E-state index is 0.0481. The molecule has 112 valence electrons. The number of amides is 1. The van der Waals surface area contributed by atoms with Crippen LogP contribution in [0.3, 0.4) is 0 Å². The number of likely N-dealkylation sites (tertiary alicyclic amines) is 1. The second-order valence-corrected chi connectivity index (χ2v) is 6.95. The van der Waals surface area contributed by atoms with E-state index in [2.05, 4.69) is 17.0 Å². The van der Waals surface area contributed by atoms with Crippen molar-refractivity contribution in [1.82, 2.24) is 19.7 Å². The molecule has 6 nitrogen and oxygen atoms in total. The smallest absolute Gasteiger partial charge is 0.265 e. The Morgan fingerprint density at radius 3 is 2.95 bits per heavy atom. The van der Waals surface area contributed by atoms with E-state index in [1.54, 1.807) is 17.1 Å². The number of aromatic nitrogens is 3. The number of thiazole rings is 1. The average molecular weight is 305 g/mol. The molecule has 0 radical (unpaired) electrons. The molecule has 2 aromatic heterocycles. The van der Waals surface area contributed by atoms with Gasteiger partial charge >= 0.3 is 0 Å². The van der Waals surface area contributed by atoms with E-state index in [0.717, 1.165) is 30.1 Å². The summed E-state index contributed by atoms with van der Waals surface area (Å²) in [6.45, 7) is 4.24. The van der Waals surface area contributed by atoms with Gasteiger partial charge in [-0.25, -0.2) is 4.98 Å². The molecule has 7 heteroatoms. The van der Waals surface area contributed by atoms with Crippen molar-refractivity contribution >= 4 is 17.2 Å². The van der Waals surface area contributed by atoms with Crippen LogP contribution in [0.4, 0.5) is 0 Å². The van der Waals surface area contributed by atoms with Crippen molar-refractivity contribution in [3.05, 3.63) is 23.5 Å². The van der Waals surface area contributed by atoms with Gasteiger partial charge in [0.2, 0.25) is 0 Å². The highest BCUT2D eigenvalue weighted by Gasteiger charge is 2.35. The van der Waals surface area contributed by atoms with E-state index in [4.69, 9.17) is 5.73 Å². The molecule has 1 unspecified atom stereocenters. The second-order valence-electron chi connectivity index (χ2n) is 5.92. The average Bonchev–Trinajstić information content (AvgIpc) is 3.17. The number of hydrogen-bond acceptors (Lipinski definition) is 5. The van der Waals surface area contributed by atoms with Crippen molar-refractivity contribution in [3.8, 4) is 10.6 Å². The van der Waals surface area contributed by atoms with E-state index in [9.17, 15) is 4.79 Å². The standard InChI is InChI=1S/C14H19N5OS/c1-14(8-15)3-4-19(9-14)13(20)11-6-16-12(21-11)10-5-17-18(2)7-10/h5-7H,3-4,8-9,15H2,1-2H3. The van der Waals surface area contributed by atoms with Crippen molar-refractivity contribution in [1.29, 1.82) is 0 Å². The minimum Gasteiger partial charge on any atom is -0.337 e. The second kappa shape index (κ2) is 5.23. The van der Waals surface area contributed by atoms with Crippen LogP contribution in [0, 0.1) is 5.41 Å². The number of hydrogen-bond donors (Lipinski definition) is 1. The quantitative estimate of drug-likeness (QED) is 0.928. The van der Waals surface area contributed by atoms with Crippen LogP contribution in [0.2, 0.25) is 0 Å². The van der Waals surface area contributed by atoms with Crippen LogP contribution in [0.25, 0.3) is 10.6 Å². The van der Waals surface area contributed by atoms with Gasteiger partial charge in [-0.1, -0.05) is 6.92 Å². The van der Waals surface area contributed by atoms with Gasteiger partial charge in [-0.05, 0) is 18.4 Å². The van der Waals surface area contributed by atoms with Crippen LogP contribution >= 0.6 is 11.3 Å². The predicted molar refractivity (Wildman–Crippen MR) is 82.0 cm³/mol. The molecule has 0 aliphatic carbocycles. The molecule has 3 rings (SSSR count). The summed E-state index contributed by atoms with van der Waals surface area (Å²) in [6, 6.07) is 0. The Morgan fingerprint density at radius 1 is 1.52 bits per heavy atom. The van der Waals surface area contributed by atoms with Crippen molar-refractivity contribution < 1.29 is 4.79 Å². The fraction of sp³-hybridized carbons (Fsp3) is 0.500. The van der Waals surface area contributed by atoms with E-state index < -0.39 is 0 Å². The Kier molecular flexibility index (Phi) is 3.54. The van der Waals surface area contributed by atoms with E-state index in [1.807, 2.05) is 18.1 Å². The van der Waals surface area contributed by atoms with E-state index in [-0.39, 0.29) is 11.3 Å². The zero-order valence-corrected chi connectivity index (χ0v) is 13.1. The van der Waals surface area contributed by atoms with Crippen LogP contribution in [0.5, 0.6) is 0 Å². The van der Waals surface area contributed by atoms with Gasteiger partial charge in [-0.2, -0.15) is 5.10 Å². The third-order valence-electron chi connectivity index (χ3n) is 4.01. The highest BCUT2D eigenvalue weighted by molar-refractivity contribution is 7.16. The third kappa shape index (κ3) is 2.71. The largest absolute Gasteiger partial charge is 0.337 e. The Hall–Kier alpha value is -1.73. The summed E-state index contributed by atoms with van der Waals surface area (Å²) >= 11 is 1.42. The van der Waals surface area contributed by atoms with Gasteiger partial charge in [0, 0.05) is 31.9 Å². The first kappa shape index (κ1) is 14.2. The molecule has 0 saturated carbocycles. The normalized spacial score (nSPS) is 22.0. The van der Waals surface area contributed by atoms with Gasteiger partial charge < -0.3 is 10.6 Å². The first-order chi connectivity index (χ1) is 10.0. The van der Waals surface area contributed by atoms with Crippen molar-refractivity contribution in [2.75, 3.05) is 19.6 Å². The monoisotopic (exact) mass is 305 g/mol. The predicted octanol–water partition coefficient (Wildman–Crippen LogP) is 1.35. The molecule has 2 N–H and O–H groups in total. The van der Waals surface area contributed by atoms with Gasteiger partial charge in [0.1, 0.15) is 9.88 Å². The molecule has 0 spiro atoms. The molecule has 0 aromatic carbocycles. The van der Waals surface area contributed by atoms with Crippen LogP contribution in [-0.2, 0) is 7.05 Å². The van der Waals surface area contributed by atoms with Gasteiger partial charge in [-0.15, -0.1) is 11.3 Å². The zero-order valence-electron chi connectivity index (χ0n) is 12.2. The number of aryl methyl sites for hydroxylation is 1. The maximum absolute atomic E-state index is 12.5.